The highest BCUT2D eigenvalue weighted by Gasteiger charge is 2.47. The molecule has 1 saturated carbocycles. The van der Waals surface area contributed by atoms with Gasteiger partial charge in [0.1, 0.15) is 5.78 Å². The molecule has 0 bridgehead atoms. The summed E-state index contributed by atoms with van der Waals surface area (Å²) in [4.78, 5) is 11.7. The van der Waals surface area contributed by atoms with Gasteiger partial charge in [-0.2, -0.15) is 0 Å². The van der Waals surface area contributed by atoms with Gasteiger partial charge in [0.15, 0.2) is 11.5 Å². The third-order valence-electron chi connectivity index (χ3n) is 4.27. The highest BCUT2D eigenvalue weighted by atomic mass is 16.5. The number of ether oxygens (including phenoxy) is 2. The topological polar surface area (TPSA) is 35.5 Å². The standard InChI is InChI=1S/C18H26O3/c1-5-9-20-15-8-7-13(11-16(15)21-10-6-2)14-12-17(19)18(14,3)4/h7-8,11,14H,5-6,9-10,12H2,1-4H3. The fourth-order valence-electron chi connectivity index (χ4n) is 2.70. The Morgan fingerprint density at radius 3 is 2.24 bits per heavy atom. The summed E-state index contributed by atoms with van der Waals surface area (Å²) >= 11 is 0. The Kier molecular flexibility index (Phi) is 4.92. The lowest BCUT2D eigenvalue weighted by molar-refractivity contribution is -0.137. The number of hydrogen-bond acceptors (Lipinski definition) is 3. The van der Waals surface area contributed by atoms with Crippen LogP contribution in [0.5, 0.6) is 11.5 Å². The Labute approximate surface area is 127 Å². The van der Waals surface area contributed by atoms with Gasteiger partial charge in [-0.15, -0.1) is 0 Å². The summed E-state index contributed by atoms with van der Waals surface area (Å²) in [5, 5.41) is 0. The second-order valence-electron chi connectivity index (χ2n) is 6.30. The van der Waals surface area contributed by atoms with Crippen LogP contribution in [0.4, 0.5) is 0 Å². The zero-order valence-corrected chi connectivity index (χ0v) is 13.6. The molecule has 0 heterocycles. The maximum Gasteiger partial charge on any atom is 0.161 e. The summed E-state index contributed by atoms with van der Waals surface area (Å²) in [6.07, 6.45) is 2.57. The molecule has 1 atom stereocenters. The fraction of sp³-hybridized carbons (Fsp3) is 0.611. The molecule has 1 aliphatic rings. The van der Waals surface area contributed by atoms with Crippen molar-refractivity contribution in [3.8, 4) is 11.5 Å². The lowest BCUT2D eigenvalue weighted by atomic mass is 9.59. The van der Waals surface area contributed by atoms with Crippen LogP contribution in [0.15, 0.2) is 18.2 Å². The van der Waals surface area contributed by atoms with Crippen molar-refractivity contribution in [2.24, 2.45) is 5.41 Å². The second-order valence-corrected chi connectivity index (χ2v) is 6.30. The maximum atomic E-state index is 11.7. The Balaban J connectivity index is 2.22. The number of carbonyl (C=O) groups is 1. The SMILES string of the molecule is CCCOc1ccc(C2CC(=O)C2(C)C)cc1OCCC. The van der Waals surface area contributed by atoms with E-state index in [0.717, 1.165) is 24.3 Å². The van der Waals surface area contributed by atoms with Gasteiger partial charge in [0, 0.05) is 17.8 Å². The number of carbonyl (C=O) groups excluding carboxylic acids is 1. The first kappa shape index (κ1) is 15.9. The van der Waals surface area contributed by atoms with Gasteiger partial charge in [0.25, 0.3) is 0 Å². The third-order valence-corrected chi connectivity index (χ3v) is 4.27. The molecular weight excluding hydrogens is 264 g/mol. The van der Waals surface area contributed by atoms with E-state index >= 15 is 0 Å². The van der Waals surface area contributed by atoms with E-state index < -0.39 is 0 Å². The second kappa shape index (κ2) is 6.50. The van der Waals surface area contributed by atoms with E-state index in [1.165, 1.54) is 5.56 Å². The monoisotopic (exact) mass is 290 g/mol. The molecule has 0 spiro atoms. The largest absolute Gasteiger partial charge is 0.490 e. The van der Waals surface area contributed by atoms with Gasteiger partial charge in [-0.1, -0.05) is 33.8 Å². The highest BCUT2D eigenvalue weighted by molar-refractivity contribution is 5.92. The van der Waals surface area contributed by atoms with E-state index in [4.69, 9.17) is 9.47 Å². The minimum atomic E-state index is -0.256. The van der Waals surface area contributed by atoms with Crippen molar-refractivity contribution in [2.45, 2.75) is 52.9 Å². The molecule has 1 aliphatic carbocycles. The molecule has 1 unspecified atom stereocenters. The van der Waals surface area contributed by atoms with Crippen LogP contribution in [-0.4, -0.2) is 19.0 Å². The highest BCUT2D eigenvalue weighted by Crippen LogP contribution is 2.50. The van der Waals surface area contributed by atoms with Crippen LogP contribution in [0, 0.1) is 5.41 Å². The molecule has 0 aliphatic heterocycles. The van der Waals surface area contributed by atoms with E-state index in [1.807, 2.05) is 19.9 Å². The molecule has 116 valence electrons. The minimum absolute atomic E-state index is 0.256. The van der Waals surface area contributed by atoms with Crippen LogP contribution in [-0.2, 0) is 4.79 Å². The Morgan fingerprint density at radius 1 is 1.10 bits per heavy atom. The number of ketones is 1. The Hall–Kier alpha value is -1.51. The van der Waals surface area contributed by atoms with Crippen LogP contribution in [0.3, 0.4) is 0 Å². The smallest absolute Gasteiger partial charge is 0.161 e. The van der Waals surface area contributed by atoms with Crippen LogP contribution in [0.1, 0.15) is 58.4 Å². The van der Waals surface area contributed by atoms with Crippen molar-refractivity contribution >= 4 is 5.78 Å². The predicted octanol–water partition coefficient (Wildman–Crippen LogP) is 4.35. The summed E-state index contributed by atoms with van der Waals surface area (Å²) in [5.74, 6) is 2.24. The van der Waals surface area contributed by atoms with Crippen molar-refractivity contribution in [3.05, 3.63) is 23.8 Å². The average molecular weight is 290 g/mol. The lowest BCUT2D eigenvalue weighted by Gasteiger charge is -2.43. The molecule has 1 aromatic rings. The maximum absolute atomic E-state index is 11.7. The van der Waals surface area contributed by atoms with Crippen molar-refractivity contribution in [3.63, 3.8) is 0 Å². The molecule has 0 N–H and O–H groups in total. The number of Topliss-reactive ketones (excluding diaryl/α,β-unsaturated/α-hetero) is 1. The molecule has 3 heteroatoms. The zero-order valence-electron chi connectivity index (χ0n) is 13.6. The molecule has 1 fully saturated rings. The van der Waals surface area contributed by atoms with Crippen molar-refractivity contribution in [1.29, 1.82) is 0 Å². The van der Waals surface area contributed by atoms with Gasteiger partial charge in [-0.05, 0) is 30.5 Å². The average Bonchev–Trinajstić information content (AvgIpc) is 2.48. The number of rotatable bonds is 7. The van der Waals surface area contributed by atoms with Gasteiger partial charge in [0.05, 0.1) is 13.2 Å². The van der Waals surface area contributed by atoms with Gasteiger partial charge < -0.3 is 9.47 Å². The van der Waals surface area contributed by atoms with Gasteiger partial charge in [-0.25, -0.2) is 0 Å². The first-order valence-corrected chi connectivity index (χ1v) is 7.93. The molecule has 2 rings (SSSR count). The molecule has 21 heavy (non-hydrogen) atoms. The molecule has 0 saturated heterocycles. The number of benzene rings is 1. The van der Waals surface area contributed by atoms with Gasteiger partial charge >= 0.3 is 0 Å². The first-order chi connectivity index (χ1) is 10.0. The van der Waals surface area contributed by atoms with E-state index in [1.54, 1.807) is 0 Å². The zero-order chi connectivity index (χ0) is 15.5. The van der Waals surface area contributed by atoms with Gasteiger partial charge in [0.2, 0.25) is 0 Å². The van der Waals surface area contributed by atoms with Crippen molar-refractivity contribution in [2.75, 3.05) is 13.2 Å². The normalized spacial score (nSPS) is 20.0. The number of hydrogen-bond donors (Lipinski definition) is 0. The third kappa shape index (κ3) is 3.22. The molecule has 0 aromatic heterocycles. The van der Waals surface area contributed by atoms with E-state index in [9.17, 15) is 4.79 Å². The summed E-state index contributed by atoms with van der Waals surface area (Å²) in [6, 6.07) is 6.11. The minimum Gasteiger partial charge on any atom is -0.490 e. The van der Waals surface area contributed by atoms with E-state index in [2.05, 4.69) is 26.0 Å². The summed E-state index contributed by atoms with van der Waals surface area (Å²) in [6.45, 7) is 9.59. The molecule has 0 amide bonds. The van der Waals surface area contributed by atoms with Crippen LogP contribution >= 0.6 is 0 Å². The molecule has 0 radical (unpaired) electrons. The lowest BCUT2D eigenvalue weighted by Crippen LogP contribution is -2.43. The summed E-state index contributed by atoms with van der Waals surface area (Å²) in [5.41, 5.74) is 0.919. The molecule has 1 aromatic carbocycles. The summed E-state index contributed by atoms with van der Waals surface area (Å²) < 4.78 is 11.6. The van der Waals surface area contributed by atoms with Crippen LogP contribution in [0.25, 0.3) is 0 Å². The van der Waals surface area contributed by atoms with Gasteiger partial charge in [-0.3, -0.25) is 4.79 Å². The fourth-order valence-corrected chi connectivity index (χ4v) is 2.70. The van der Waals surface area contributed by atoms with E-state index in [-0.39, 0.29) is 11.3 Å². The first-order valence-electron chi connectivity index (χ1n) is 7.93. The van der Waals surface area contributed by atoms with Crippen LogP contribution in [0.2, 0.25) is 0 Å². The van der Waals surface area contributed by atoms with E-state index in [0.29, 0.717) is 25.4 Å². The van der Waals surface area contributed by atoms with Crippen LogP contribution < -0.4 is 9.47 Å². The quantitative estimate of drug-likeness (QED) is 0.749. The molecular formula is C18H26O3. The van der Waals surface area contributed by atoms with Crippen molar-refractivity contribution < 1.29 is 14.3 Å². The Bertz CT molecular complexity index is 505. The predicted molar refractivity (Wildman–Crippen MR) is 84.2 cm³/mol. The Morgan fingerprint density at radius 2 is 1.71 bits per heavy atom. The van der Waals surface area contributed by atoms with Crippen molar-refractivity contribution in [1.82, 2.24) is 0 Å². The summed E-state index contributed by atoms with van der Waals surface area (Å²) in [7, 11) is 0. The molecule has 3 nitrogen and oxygen atoms in total.